The monoisotopic (exact) mass is 288 g/mol. The number of hydrogen-bond acceptors (Lipinski definition) is 2. The van der Waals surface area contributed by atoms with E-state index < -0.39 is 12.6 Å². The van der Waals surface area contributed by atoms with Crippen LogP contribution >= 0.6 is 0 Å². The van der Waals surface area contributed by atoms with Crippen molar-refractivity contribution < 1.29 is 13.2 Å². The van der Waals surface area contributed by atoms with Crippen LogP contribution in [-0.2, 0) is 6.54 Å². The van der Waals surface area contributed by atoms with Crippen molar-refractivity contribution in [3.63, 3.8) is 0 Å². The molecule has 0 fully saturated rings. The summed E-state index contributed by atoms with van der Waals surface area (Å²) < 4.78 is 36.6. The Hall–Kier alpha value is -1.23. The number of benzene rings is 1. The highest BCUT2D eigenvalue weighted by Crippen LogP contribution is 2.23. The number of aryl methyl sites for hydroxylation is 1. The van der Waals surface area contributed by atoms with Crippen LogP contribution in [0.15, 0.2) is 18.2 Å². The van der Waals surface area contributed by atoms with Crippen LogP contribution in [0.4, 0.5) is 18.9 Å². The Morgan fingerprint density at radius 1 is 1.25 bits per heavy atom. The molecule has 1 aromatic carbocycles. The molecule has 0 aliphatic heterocycles. The van der Waals surface area contributed by atoms with Gasteiger partial charge in [0.25, 0.3) is 0 Å². The van der Waals surface area contributed by atoms with E-state index in [4.69, 9.17) is 0 Å². The second kappa shape index (κ2) is 6.97. The van der Waals surface area contributed by atoms with Crippen LogP contribution in [0, 0.1) is 6.92 Å². The summed E-state index contributed by atoms with van der Waals surface area (Å²) in [6.07, 6.45) is -4.90. The molecule has 0 unspecified atom stereocenters. The molecule has 20 heavy (non-hydrogen) atoms. The smallest absolute Gasteiger partial charge is 0.374 e. The first-order valence-corrected chi connectivity index (χ1v) is 6.80. The zero-order valence-corrected chi connectivity index (χ0v) is 12.5. The maximum Gasteiger partial charge on any atom is 0.390 e. The first-order chi connectivity index (χ1) is 9.19. The molecule has 0 atom stereocenters. The van der Waals surface area contributed by atoms with Crippen molar-refractivity contribution in [1.82, 2.24) is 5.32 Å². The van der Waals surface area contributed by atoms with Gasteiger partial charge in [-0.2, -0.15) is 13.2 Å². The molecule has 0 aliphatic rings. The molecule has 0 saturated heterocycles. The van der Waals surface area contributed by atoms with E-state index in [-0.39, 0.29) is 6.54 Å². The predicted octanol–water partition coefficient (Wildman–Crippen LogP) is 3.88. The van der Waals surface area contributed by atoms with Crippen LogP contribution in [-0.4, -0.2) is 25.8 Å². The summed E-state index contributed by atoms with van der Waals surface area (Å²) in [5.41, 5.74) is 3.08. The highest BCUT2D eigenvalue weighted by atomic mass is 19.4. The Morgan fingerprint density at radius 3 is 2.40 bits per heavy atom. The summed E-state index contributed by atoms with van der Waals surface area (Å²) >= 11 is 0. The second-order valence-corrected chi connectivity index (χ2v) is 5.43. The lowest BCUT2D eigenvalue weighted by atomic mass is 10.1. The molecule has 0 heterocycles. The average Bonchev–Trinajstić information content (AvgIpc) is 2.33. The Bertz CT molecular complexity index is 428. The molecular weight excluding hydrogens is 265 g/mol. The molecule has 2 nitrogen and oxygen atoms in total. The summed E-state index contributed by atoms with van der Waals surface area (Å²) in [7, 11) is 1.69. The fraction of sp³-hybridized carbons (Fsp3) is 0.600. The highest BCUT2D eigenvalue weighted by Gasteiger charge is 2.27. The van der Waals surface area contributed by atoms with Crippen molar-refractivity contribution in [3.8, 4) is 0 Å². The average molecular weight is 288 g/mol. The molecule has 1 N–H and O–H groups in total. The molecular formula is C15H23F3N2. The van der Waals surface area contributed by atoms with Crippen molar-refractivity contribution in [2.24, 2.45) is 0 Å². The van der Waals surface area contributed by atoms with Gasteiger partial charge in [-0.3, -0.25) is 0 Å². The first kappa shape index (κ1) is 16.8. The molecule has 0 bridgehead atoms. The molecule has 0 amide bonds. The summed E-state index contributed by atoms with van der Waals surface area (Å²) in [5.74, 6) is 0. The van der Waals surface area contributed by atoms with Gasteiger partial charge in [-0.1, -0.05) is 19.9 Å². The lowest BCUT2D eigenvalue weighted by Crippen LogP contribution is -2.24. The third-order valence-electron chi connectivity index (χ3n) is 3.20. The van der Waals surface area contributed by atoms with Gasteiger partial charge in [0.2, 0.25) is 0 Å². The Kier molecular flexibility index (Phi) is 5.87. The molecule has 0 saturated carbocycles. The molecule has 114 valence electrons. The van der Waals surface area contributed by atoms with Gasteiger partial charge in [-0.25, -0.2) is 0 Å². The van der Waals surface area contributed by atoms with E-state index in [1.807, 2.05) is 25.1 Å². The standard InChI is InChI=1S/C15H23F3N2/c1-11(2)19-10-13-5-6-14(9-12(13)3)20(4)8-7-15(16,17)18/h5-6,9,11,19H,7-8,10H2,1-4H3. The van der Waals surface area contributed by atoms with Crippen molar-refractivity contribution in [2.45, 2.75) is 46.0 Å². The van der Waals surface area contributed by atoms with E-state index in [0.29, 0.717) is 6.04 Å². The first-order valence-electron chi connectivity index (χ1n) is 6.80. The van der Waals surface area contributed by atoms with Gasteiger partial charge in [-0.15, -0.1) is 0 Å². The van der Waals surface area contributed by atoms with Gasteiger partial charge in [0.15, 0.2) is 0 Å². The van der Waals surface area contributed by atoms with Gasteiger partial charge >= 0.3 is 6.18 Å². The van der Waals surface area contributed by atoms with E-state index in [1.165, 1.54) is 5.56 Å². The fourth-order valence-electron chi connectivity index (χ4n) is 1.85. The van der Waals surface area contributed by atoms with Crippen molar-refractivity contribution in [2.75, 3.05) is 18.5 Å². The predicted molar refractivity (Wildman–Crippen MR) is 77.1 cm³/mol. The van der Waals surface area contributed by atoms with E-state index in [1.54, 1.807) is 11.9 Å². The highest BCUT2D eigenvalue weighted by molar-refractivity contribution is 5.50. The maximum atomic E-state index is 12.2. The molecule has 5 heteroatoms. The SMILES string of the molecule is Cc1cc(N(C)CCC(F)(F)F)ccc1CNC(C)C. The van der Waals surface area contributed by atoms with Crippen molar-refractivity contribution in [3.05, 3.63) is 29.3 Å². The fourth-order valence-corrected chi connectivity index (χ4v) is 1.85. The number of rotatable bonds is 6. The topological polar surface area (TPSA) is 15.3 Å². The minimum atomic E-state index is -4.11. The van der Waals surface area contributed by atoms with Gasteiger partial charge in [0.05, 0.1) is 6.42 Å². The number of hydrogen-bond donors (Lipinski definition) is 1. The molecule has 0 radical (unpaired) electrons. The molecule has 1 aromatic rings. The van der Waals surface area contributed by atoms with Gasteiger partial charge in [0, 0.05) is 31.9 Å². The lowest BCUT2D eigenvalue weighted by Gasteiger charge is -2.21. The zero-order chi connectivity index (χ0) is 15.3. The summed E-state index contributed by atoms with van der Waals surface area (Å²) in [5, 5.41) is 3.33. The van der Waals surface area contributed by atoms with Gasteiger partial charge < -0.3 is 10.2 Å². The van der Waals surface area contributed by atoms with Gasteiger partial charge in [0.1, 0.15) is 0 Å². The summed E-state index contributed by atoms with van der Waals surface area (Å²) in [4.78, 5) is 1.64. The number of halogens is 3. The number of alkyl halides is 3. The zero-order valence-electron chi connectivity index (χ0n) is 12.5. The number of nitrogens with one attached hydrogen (secondary N) is 1. The largest absolute Gasteiger partial charge is 0.390 e. The van der Waals surface area contributed by atoms with E-state index in [0.717, 1.165) is 17.8 Å². The van der Waals surface area contributed by atoms with Crippen LogP contribution in [0.5, 0.6) is 0 Å². The van der Waals surface area contributed by atoms with E-state index in [2.05, 4.69) is 19.2 Å². The van der Waals surface area contributed by atoms with E-state index in [9.17, 15) is 13.2 Å². The van der Waals surface area contributed by atoms with Crippen LogP contribution in [0.2, 0.25) is 0 Å². The third kappa shape index (κ3) is 5.82. The quantitative estimate of drug-likeness (QED) is 0.854. The third-order valence-corrected chi connectivity index (χ3v) is 3.20. The van der Waals surface area contributed by atoms with Crippen LogP contribution in [0.1, 0.15) is 31.4 Å². The normalized spacial score (nSPS) is 12.0. The lowest BCUT2D eigenvalue weighted by molar-refractivity contribution is -0.132. The van der Waals surface area contributed by atoms with Crippen LogP contribution in [0.25, 0.3) is 0 Å². The van der Waals surface area contributed by atoms with Crippen molar-refractivity contribution in [1.29, 1.82) is 0 Å². The van der Waals surface area contributed by atoms with Crippen LogP contribution in [0.3, 0.4) is 0 Å². The minimum absolute atomic E-state index is 0.0213. The Balaban J connectivity index is 2.66. The summed E-state index contributed by atoms with van der Waals surface area (Å²) in [6, 6.07) is 6.20. The van der Waals surface area contributed by atoms with E-state index >= 15 is 0 Å². The van der Waals surface area contributed by atoms with Crippen molar-refractivity contribution >= 4 is 5.69 Å². The molecule has 0 aliphatic carbocycles. The summed E-state index contributed by atoms with van der Waals surface area (Å²) in [6.45, 7) is 6.89. The number of anilines is 1. The second-order valence-electron chi connectivity index (χ2n) is 5.43. The molecule has 0 aromatic heterocycles. The minimum Gasteiger partial charge on any atom is -0.374 e. The van der Waals surface area contributed by atoms with Gasteiger partial charge in [-0.05, 0) is 30.2 Å². The maximum absolute atomic E-state index is 12.2. The molecule has 0 spiro atoms. The number of nitrogens with zero attached hydrogens (tertiary/aromatic N) is 1. The van der Waals surface area contributed by atoms with Crippen LogP contribution < -0.4 is 10.2 Å². The Morgan fingerprint density at radius 2 is 1.90 bits per heavy atom. The molecule has 1 rings (SSSR count). The Labute approximate surface area is 119 Å².